The predicted molar refractivity (Wildman–Crippen MR) is 76.1 cm³/mol. The molecular formula is C14H15N3O3. The first-order chi connectivity index (χ1) is 9.58. The van der Waals surface area contributed by atoms with Crippen molar-refractivity contribution in [1.29, 1.82) is 0 Å². The minimum absolute atomic E-state index is 0.147. The molecule has 2 aromatic rings. The summed E-state index contributed by atoms with van der Waals surface area (Å²) in [5.74, 6) is -0.147. The van der Waals surface area contributed by atoms with Gasteiger partial charge in [0, 0.05) is 6.54 Å². The van der Waals surface area contributed by atoms with Crippen LogP contribution in [0.1, 0.15) is 18.5 Å². The quantitative estimate of drug-likeness (QED) is 0.671. The molecule has 0 spiro atoms. The van der Waals surface area contributed by atoms with E-state index in [4.69, 9.17) is 0 Å². The fraction of sp³-hybridized carbons (Fsp3) is 0.214. The Hall–Kier alpha value is -2.63. The fourth-order valence-corrected chi connectivity index (χ4v) is 1.95. The van der Waals surface area contributed by atoms with Crippen LogP contribution in [0.15, 0.2) is 53.1 Å². The Kier molecular flexibility index (Phi) is 3.84. The van der Waals surface area contributed by atoms with Crippen LogP contribution < -0.4 is 5.69 Å². The Morgan fingerprint density at radius 2 is 2.05 bits per heavy atom. The van der Waals surface area contributed by atoms with E-state index in [0.29, 0.717) is 12.2 Å². The monoisotopic (exact) mass is 273 g/mol. The molecule has 0 amide bonds. The molecule has 2 rings (SSSR count). The summed E-state index contributed by atoms with van der Waals surface area (Å²) in [6, 6.07) is 6.29. The topological polar surface area (TPSA) is 76.6 Å². The van der Waals surface area contributed by atoms with E-state index in [1.807, 2.05) is 0 Å². The number of rotatable bonds is 5. The van der Waals surface area contributed by atoms with Crippen molar-refractivity contribution in [1.82, 2.24) is 9.13 Å². The lowest BCUT2D eigenvalue weighted by Gasteiger charge is -2.06. The largest absolute Gasteiger partial charge is 0.493 e. The van der Waals surface area contributed by atoms with Crippen molar-refractivity contribution in [2.24, 2.45) is 5.18 Å². The van der Waals surface area contributed by atoms with Gasteiger partial charge >= 0.3 is 5.69 Å². The molecular weight excluding hydrogens is 258 g/mol. The van der Waals surface area contributed by atoms with E-state index in [-0.39, 0.29) is 11.6 Å². The SMILES string of the molecule is C=CCn1cc(O)n(-c2ccc(C(C)N=O)cc2)c1=O. The second-order valence-corrected chi connectivity index (χ2v) is 4.42. The van der Waals surface area contributed by atoms with E-state index in [2.05, 4.69) is 11.8 Å². The minimum Gasteiger partial charge on any atom is -0.493 e. The summed E-state index contributed by atoms with van der Waals surface area (Å²) in [7, 11) is 0. The van der Waals surface area contributed by atoms with Gasteiger partial charge in [0.1, 0.15) is 6.04 Å². The van der Waals surface area contributed by atoms with E-state index in [1.165, 1.54) is 15.3 Å². The van der Waals surface area contributed by atoms with Crippen LogP contribution in [-0.2, 0) is 6.54 Å². The second kappa shape index (κ2) is 5.56. The lowest BCUT2D eigenvalue weighted by atomic mass is 10.1. The standard InChI is InChI=1S/C14H15N3O3/c1-3-8-16-9-13(18)17(14(16)19)12-6-4-11(5-7-12)10(2)15-20/h3-7,9-10,18H,1,8H2,2H3. The molecule has 20 heavy (non-hydrogen) atoms. The summed E-state index contributed by atoms with van der Waals surface area (Å²) in [5.41, 5.74) is 0.927. The number of benzene rings is 1. The molecule has 6 heteroatoms. The molecule has 0 aliphatic carbocycles. The first-order valence-electron chi connectivity index (χ1n) is 6.13. The molecule has 0 saturated heterocycles. The fourth-order valence-electron chi connectivity index (χ4n) is 1.95. The molecule has 1 aromatic carbocycles. The van der Waals surface area contributed by atoms with E-state index < -0.39 is 6.04 Å². The summed E-state index contributed by atoms with van der Waals surface area (Å²) in [5, 5.41) is 12.8. The van der Waals surface area contributed by atoms with Gasteiger partial charge in [0.05, 0.1) is 11.9 Å². The van der Waals surface area contributed by atoms with Crippen LogP contribution in [0.25, 0.3) is 5.69 Å². The second-order valence-electron chi connectivity index (χ2n) is 4.42. The summed E-state index contributed by atoms with van der Waals surface area (Å²) < 4.78 is 2.54. The van der Waals surface area contributed by atoms with Crippen LogP contribution in [0, 0.1) is 4.91 Å². The van der Waals surface area contributed by atoms with Gasteiger partial charge in [-0.1, -0.05) is 23.4 Å². The first kappa shape index (κ1) is 13.8. The van der Waals surface area contributed by atoms with Gasteiger partial charge in [0.2, 0.25) is 5.88 Å². The molecule has 1 heterocycles. The summed E-state index contributed by atoms with van der Waals surface area (Å²) in [4.78, 5) is 22.6. The van der Waals surface area contributed by atoms with Gasteiger partial charge in [-0.3, -0.25) is 4.57 Å². The van der Waals surface area contributed by atoms with E-state index in [0.717, 1.165) is 5.56 Å². The molecule has 0 aliphatic rings. The maximum atomic E-state index is 12.1. The molecule has 0 bridgehead atoms. The van der Waals surface area contributed by atoms with E-state index >= 15 is 0 Å². The average molecular weight is 273 g/mol. The number of nitroso groups, excluding NO2 is 1. The van der Waals surface area contributed by atoms with Crippen molar-refractivity contribution in [3.05, 3.63) is 64.1 Å². The van der Waals surface area contributed by atoms with Crippen LogP contribution in [0.5, 0.6) is 5.88 Å². The molecule has 1 atom stereocenters. The van der Waals surface area contributed by atoms with Gasteiger partial charge in [-0.15, -0.1) is 6.58 Å². The Balaban J connectivity index is 2.44. The van der Waals surface area contributed by atoms with Crippen LogP contribution in [0.4, 0.5) is 0 Å². The van der Waals surface area contributed by atoms with E-state index in [1.54, 1.807) is 37.3 Å². The number of aromatic hydroxyl groups is 1. The highest BCUT2D eigenvalue weighted by Gasteiger charge is 2.12. The van der Waals surface area contributed by atoms with Crippen molar-refractivity contribution < 1.29 is 5.11 Å². The maximum Gasteiger partial charge on any atom is 0.335 e. The number of nitrogens with zero attached hydrogens (tertiary/aromatic N) is 3. The third-order valence-electron chi connectivity index (χ3n) is 3.05. The zero-order valence-electron chi connectivity index (χ0n) is 11.1. The normalized spacial score (nSPS) is 12.1. The molecule has 0 radical (unpaired) electrons. The first-order valence-corrected chi connectivity index (χ1v) is 6.13. The Bertz CT molecular complexity index is 683. The Labute approximate surface area is 115 Å². The van der Waals surface area contributed by atoms with Crippen molar-refractivity contribution in [3.8, 4) is 11.6 Å². The van der Waals surface area contributed by atoms with Crippen LogP contribution >= 0.6 is 0 Å². The molecule has 1 N–H and O–H groups in total. The summed E-state index contributed by atoms with van der Waals surface area (Å²) in [6.45, 7) is 5.57. The highest BCUT2D eigenvalue weighted by molar-refractivity contribution is 5.38. The zero-order chi connectivity index (χ0) is 14.7. The van der Waals surface area contributed by atoms with Crippen molar-refractivity contribution in [3.63, 3.8) is 0 Å². The van der Waals surface area contributed by atoms with Gasteiger partial charge in [0.15, 0.2) is 0 Å². The highest BCUT2D eigenvalue weighted by atomic mass is 16.3. The van der Waals surface area contributed by atoms with Crippen LogP contribution in [0.2, 0.25) is 0 Å². The van der Waals surface area contributed by atoms with Crippen LogP contribution in [0.3, 0.4) is 0 Å². The van der Waals surface area contributed by atoms with Crippen molar-refractivity contribution in [2.75, 3.05) is 0 Å². The van der Waals surface area contributed by atoms with Crippen molar-refractivity contribution in [2.45, 2.75) is 19.5 Å². The average Bonchev–Trinajstić information content (AvgIpc) is 2.73. The summed E-state index contributed by atoms with van der Waals surface area (Å²) in [6.07, 6.45) is 2.93. The van der Waals surface area contributed by atoms with Gasteiger partial charge in [-0.25, -0.2) is 9.36 Å². The molecule has 104 valence electrons. The molecule has 1 aromatic heterocycles. The number of hydrogen-bond acceptors (Lipinski definition) is 4. The lowest BCUT2D eigenvalue weighted by molar-refractivity contribution is 0.441. The third kappa shape index (κ3) is 2.40. The van der Waals surface area contributed by atoms with Gasteiger partial charge in [-0.05, 0) is 24.6 Å². The van der Waals surface area contributed by atoms with Gasteiger partial charge < -0.3 is 5.11 Å². The molecule has 6 nitrogen and oxygen atoms in total. The lowest BCUT2D eigenvalue weighted by Crippen LogP contribution is -2.22. The van der Waals surface area contributed by atoms with Gasteiger partial charge in [0.25, 0.3) is 0 Å². The minimum atomic E-state index is -0.445. The number of hydrogen-bond donors (Lipinski definition) is 1. The Morgan fingerprint density at radius 3 is 2.60 bits per heavy atom. The maximum absolute atomic E-state index is 12.1. The van der Waals surface area contributed by atoms with Crippen LogP contribution in [-0.4, -0.2) is 14.2 Å². The van der Waals surface area contributed by atoms with E-state index in [9.17, 15) is 14.8 Å². The molecule has 0 saturated carbocycles. The zero-order valence-corrected chi connectivity index (χ0v) is 11.1. The molecule has 1 unspecified atom stereocenters. The predicted octanol–water partition coefficient (Wildman–Crippen LogP) is 2.36. The number of imidazole rings is 1. The molecule has 0 fully saturated rings. The number of allylic oxidation sites excluding steroid dienone is 1. The van der Waals surface area contributed by atoms with Gasteiger partial charge in [-0.2, -0.15) is 4.91 Å². The molecule has 0 aliphatic heterocycles. The Morgan fingerprint density at radius 1 is 1.40 bits per heavy atom. The smallest absolute Gasteiger partial charge is 0.335 e. The summed E-state index contributed by atoms with van der Waals surface area (Å²) >= 11 is 0. The highest BCUT2D eigenvalue weighted by Crippen LogP contribution is 2.20. The third-order valence-corrected chi connectivity index (χ3v) is 3.05. The van der Waals surface area contributed by atoms with Crippen molar-refractivity contribution >= 4 is 0 Å². The number of aromatic nitrogens is 2.